The lowest BCUT2D eigenvalue weighted by Crippen LogP contribution is -2.19. The summed E-state index contributed by atoms with van der Waals surface area (Å²) in [6, 6.07) is 7.91. The third-order valence-corrected chi connectivity index (χ3v) is 3.81. The number of nitrogens with two attached hydrogens (primary N) is 1. The summed E-state index contributed by atoms with van der Waals surface area (Å²) >= 11 is 5.88. The SMILES string of the molecule is NC1CCCc2nc(Cc3ccc(Cl)cc3)ncc21. The van der Waals surface area contributed by atoms with Crippen molar-refractivity contribution in [2.24, 2.45) is 5.73 Å². The minimum atomic E-state index is 0.105. The van der Waals surface area contributed by atoms with Gasteiger partial charge in [-0.1, -0.05) is 23.7 Å². The molecule has 1 unspecified atom stereocenters. The van der Waals surface area contributed by atoms with Gasteiger partial charge >= 0.3 is 0 Å². The van der Waals surface area contributed by atoms with E-state index in [1.54, 1.807) is 0 Å². The highest BCUT2D eigenvalue weighted by Gasteiger charge is 2.18. The van der Waals surface area contributed by atoms with Crippen LogP contribution in [-0.2, 0) is 12.8 Å². The van der Waals surface area contributed by atoms with Crippen LogP contribution in [0, 0.1) is 0 Å². The first-order valence-corrected chi connectivity index (χ1v) is 6.95. The van der Waals surface area contributed by atoms with Crippen molar-refractivity contribution in [1.29, 1.82) is 0 Å². The molecule has 2 aromatic rings. The molecule has 3 nitrogen and oxygen atoms in total. The highest BCUT2D eigenvalue weighted by atomic mass is 35.5. The molecule has 98 valence electrons. The number of hydrogen-bond acceptors (Lipinski definition) is 3. The van der Waals surface area contributed by atoms with Gasteiger partial charge in [0.1, 0.15) is 5.82 Å². The van der Waals surface area contributed by atoms with Gasteiger partial charge in [-0.25, -0.2) is 9.97 Å². The molecule has 2 N–H and O–H groups in total. The summed E-state index contributed by atoms with van der Waals surface area (Å²) in [7, 11) is 0. The molecule has 1 aliphatic carbocycles. The monoisotopic (exact) mass is 273 g/mol. The van der Waals surface area contributed by atoms with E-state index in [4.69, 9.17) is 17.3 Å². The van der Waals surface area contributed by atoms with Crippen molar-refractivity contribution in [3.8, 4) is 0 Å². The van der Waals surface area contributed by atoms with Crippen LogP contribution in [0.5, 0.6) is 0 Å². The van der Waals surface area contributed by atoms with Gasteiger partial charge in [-0.05, 0) is 37.0 Å². The Bertz CT molecular complexity index is 580. The number of benzene rings is 1. The Morgan fingerprint density at radius 1 is 1.26 bits per heavy atom. The van der Waals surface area contributed by atoms with Crippen molar-refractivity contribution in [2.45, 2.75) is 31.7 Å². The summed E-state index contributed by atoms with van der Waals surface area (Å²) in [5.41, 5.74) is 9.48. The second kappa shape index (κ2) is 5.27. The van der Waals surface area contributed by atoms with Crippen LogP contribution in [0.25, 0.3) is 0 Å². The molecular weight excluding hydrogens is 258 g/mol. The Morgan fingerprint density at radius 2 is 2.05 bits per heavy atom. The fourth-order valence-electron chi connectivity index (χ4n) is 2.49. The predicted octanol–water partition coefficient (Wildman–Crippen LogP) is 3.06. The number of hydrogen-bond donors (Lipinski definition) is 1. The van der Waals surface area contributed by atoms with Crippen molar-refractivity contribution < 1.29 is 0 Å². The van der Waals surface area contributed by atoms with Crippen LogP contribution < -0.4 is 5.73 Å². The molecule has 0 saturated carbocycles. The molecule has 0 radical (unpaired) electrons. The number of halogens is 1. The van der Waals surface area contributed by atoms with Gasteiger partial charge in [-0.2, -0.15) is 0 Å². The van der Waals surface area contributed by atoms with E-state index in [0.717, 1.165) is 47.8 Å². The second-order valence-electron chi connectivity index (χ2n) is 4.99. The molecule has 1 heterocycles. The zero-order valence-corrected chi connectivity index (χ0v) is 11.4. The second-order valence-corrected chi connectivity index (χ2v) is 5.43. The predicted molar refractivity (Wildman–Crippen MR) is 76.2 cm³/mol. The Kier molecular flexibility index (Phi) is 3.49. The highest BCUT2D eigenvalue weighted by Crippen LogP contribution is 2.26. The van der Waals surface area contributed by atoms with E-state index in [9.17, 15) is 0 Å². The first kappa shape index (κ1) is 12.6. The van der Waals surface area contributed by atoms with E-state index in [1.807, 2.05) is 30.5 Å². The number of aromatic nitrogens is 2. The first-order chi connectivity index (χ1) is 9.22. The van der Waals surface area contributed by atoms with E-state index in [2.05, 4.69) is 9.97 Å². The lowest BCUT2D eigenvalue weighted by molar-refractivity contribution is 0.553. The van der Waals surface area contributed by atoms with Crippen LogP contribution in [-0.4, -0.2) is 9.97 Å². The van der Waals surface area contributed by atoms with Crippen LogP contribution in [0.2, 0.25) is 5.02 Å². The third-order valence-electron chi connectivity index (χ3n) is 3.55. The van der Waals surface area contributed by atoms with E-state index in [0.29, 0.717) is 0 Å². The van der Waals surface area contributed by atoms with Crippen LogP contribution in [0.15, 0.2) is 30.5 Å². The molecule has 0 spiro atoms. The Balaban J connectivity index is 1.84. The van der Waals surface area contributed by atoms with Crippen molar-refractivity contribution in [2.75, 3.05) is 0 Å². The number of nitrogens with zero attached hydrogens (tertiary/aromatic N) is 2. The van der Waals surface area contributed by atoms with E-state index >= 15 is 0 Å². The molecule has 1 aromatic carbocycles. The Labute approximate surface area is 117 Å². The molecule has 0 aliphatic heterocycles. The standard InChI is InChI=1S/C15H16ClN3/c16-11-6-4-10(5-7-11)8-15-18-9-12-13(17)2-1-3-14(12)19-15/h4-7,9,13H,1-3,8,17H2. The average Bonchev–Trinajstić information content (AvgIpc) is 2.42. The van der Waals surface area contributed by atoms with Gasteiger partial charge in [-0.3, -0.25) is 0 Å². The minimum Gasteiger partial charge on any atom is -0.324 e. The number of rotatable bonds is 2. The topological polar surface area (TPSA) is 51.8 Å². The fourth-order valence-corrected chi connectivity index (χ4v) is 2.62. The first-order valence-electron chi connectivity index (χ1n) is 6.57. The van der Waals surface area contributed by atoms with Crippen molar-refractivity contribution in [3.05, 3.63) is 58.1 Å². The van der Waals surface area contributed by atoms with Gasteiger partial charge in [0.2, 0.25) is 0 Å². The Morgan fingerprint density at radius 3 is 2.84 bits per heavy atom. The minimum absolute atomic E-state index is 0.105. The Hall–Kier alpha value is -1.45. The zero-order valence-electron chi connectivity index (χ0n) is 10.6. The zero-order chi connectivity index (χ0) is 13.2. The molecular formula is C15H16ClN3. The van der Waals surface area contributed by atoms with E-state index in [1.165, 1.54) is 5.56 Å². The maximum Gasteiger partial charge on any atom is 0.132 e. The number of fused-ring (bicyclic) bond motifs is 1. The van der Waals surface area contributed by atoms with E-state index < -0.39 is 0 Å². The molecule has 1 atom stereocenters. The maximum atomic E-state index is 6.07. The van der Waals surface area contributed by atoms with Crippen LogP contribution in [0.4, 0.5) is 0 Å². The molecule has 1 aliphatic rings. The fraction of sp³-hybridized carbons (Fsp3) is 0.333. The largest absolute Gasteiger partial charge is 0.324 e. The van der Waals surface area contributed by atoms with Crippen LogP contribution >= 0.6 is 11.6 Å². The molecule has 4 heteroatoms. The lowest BCUT2D eigenvalue weighted by atomic mass is 9.93. The van der Waals surface area contributed by atoms with Gasteiger partial charge in [0.15, 0.2) is 0 Å². The van der Waals surface area contributed by atoms with Crippen LogP contribution in [0.3, 0.4) is 0 Å². The summed E-state index contributed by atoms with van der Waals surface area (Å²) in [6.07, 6.45) is 5.80. The van der Waals surface area contributed by atoms with Gasteiger partial charge in [0.25, 0.3) is 0 Å². The molecule has 1 aromatic heterocycles. The summed E-state index contributed by atoms with van der Waals surface area (Å²) in [5.74, 6) is 0.857. The van der Waals surface area contributed by atoms with Crippen LogP contribution in [0.1, 0.15) is 41.5 Å². The smallest absolute Gasteiger partial charge is 0.132 e. The molecule has 0 saturated heterocycles. The van der Waals surface area contributed by atoms with Crippen molar-refractivity contribution in [1.82, 2.24) is 9.97 Å². The molecule has 0 bridgehead atoms. The van der Waals surface area contributed by atoms with Crippen molar-refractivity contribution in [3.63, 3.8) is 0 Å². The van der Waals surface area contributed by atoms with Gasteiger partial charge in [0, 0.05) is 34.9 Å². The van der Waals surface area contributed by atoms with Crippen molar-refractivity contribution >= 4 is 11.6 Å². The normalized spacial score (nSPS) is 18.1. The van der Waals surface area contributed by atoms with E-state index in [-0.39, 0.29) is 6.04 Å². The highest BCUT2D eigenvalue weighted by molar-refractivity contribution is 6.30. The quantitative estimate of drug-likeness (QED) is 0.915. The molecule has 3 rings (SSSR count). The summed E-state index contributed by atoms with van der Waals surface area (Å²) in [6.45, 7) is 0. The van der Waals surface area contributed by atoms with Gasteiger partial charge in [0.05, 0.1) is 0 Å². The summed E-state index contributed by atoms with van der Waals surface area (Å²) in [5, 5.41) is 0.751. The van der Waals surface area contributed by atoms with Gasteiger partial charge in [-0.15, -0.1) is 0 Å². The lowest BCUT2D eigenvalue weighted by Gasteiger charge is -2.21. The maximum absolute atomic E-state index is 6.07. The molecule has 0 amide bonds. The third kappa shape index (κ3) is 2.77. The summed E-state index contributed by atoms with van der Waals surface area (Å²) in [4.78, 5) is 9.09. The average molecular weight is 274 g/mol. The van der Waals surface area contributed by atoms with Gasteiger partial charge < -0.3 is 5.73 Å². The molecule has 19 heavy (non-hydrogen) atoms. The molecule has 0 fully saturated rings. The number of aryl methyl sites for hydroxylation is 1. The summed E-state index contributed by atoms with van der Waals surface area (Å²) < 4.78 is 0.